The zero-order chi connectivity index (χ0) is 13.8. The first-order valence-corrected chi connectivity index (χ1v) is 6.14. The van der Waals surface area contributed by atoms with E-state index >= 15 is 0 Å². The van der Waals surface area contributed by atoms with E-state index in [2.05, 4.69) is 18.7 Å². The number of hydrogen-bond donors (Lipinski definition) is 1. The summed E-state index contributed by atoms with van der Waals surface area (Å²) in [6.07, 6.45) is 0.905. The number of nitrogens with two attached hydrogens (primary N) is 1. The van der Waals surface area contributed by atoms with Gasteiger partial charge in [0.25, 0.3) is 0 Å². The van der Waals surface area contributed by atoms with E-state index in [1.807, 2.05) is 13.1 Å². The van der Waals surface area contributed by atoms with Crippen LogP contribution in [0.5, 0.6) is 5.75 Å². The molecule has 0 radical (unpaired) electrons. The minimum atomic E-state index is -0.319. The van der Waals surface area contributed by atoms with Crippen LogP contribution in [0.15, 0.2) is 18.2 Å². The van der Waals surface area contributed by atoms with E-state index in [4.69, 9.17) is 10.5 Å². The summed E-state index contributed by atoms with van der Waals surface area (Å²) >= 11 is 0. The Bertz CT molecular complexity index is 393. The maximum absolute atomic E-state index is 13.6. The van der Waals surface area contributed by atoms with Crippen LogP contribution in [0.1, 0.15) is 25.8 Å². The average molecular weight is 254 g/mol. The van der Waals surface area contributed by atoms with Crippen molar-refractivity contribution in [1.82, 2.24) is 4.90 Å². The van der Waals surface area contributed by atoms with Crippen LogP contribution in [0.25, 0.3) is 0 Å². The molecule has 0 bridgehead atoms. The monoisotopic (exact) mass is 254 g/mol. The lowest BCUT2D eigenvalue weighted by Crippen LogP contribution is -2.42. The van der Waals surface area contributed by atoms with Gasteiger partial charge in [-0.3, -0.25) is 4.90 Å². The predicted molar refractivity (Wildman–Crippen MR) is 72.2 cm³/mol. The molecule has 102 valence electrons. The highest BCUT2D eigenvalue weighted by molar-refractivity contribution is 5.29. The minimum Gasteiger partial charge on any atom is -0.494 e. The second-order valence-electron chi connectivity index (χ2n) is 5.18. The molecule has 1 aromatic carbocycles. The van der Waals surface area contributed by atoms with Crippen LogP contribution in [-0.2, 0) is 6.54 Å². The van der Waals surface area contributed by atoms with Gasteiger partial charge < -0.3 is 10.5 Å². The van der Waals surface area contributed by atoms with Crippen molar-refractivity contribution in [2.75, 3.05) is 20.7 Å². The number of nitrogens with zero attached hydrogens (tertiary/aromatic N) is 1. The van der Waals surface area contributed by atoms with Crippen molar-refractivity contribution >= 4 is 0 Å². The highest BCUT2D eigenvalue weighted by atomic mass is 19.1. The van der Waals surface area contributed by atoms with Gasteiger partial charge in [0.2, 0.25) is 0 Å². The van der Waals surface area contributed by atoms with Crippen molar-refractivity contribution in [2.45, 2.75) is 32.4 Å². The van der Waals surface area contributed by atoms with Crippen LogP contribution in [0.4, 0.5) is 4.39 Å². The van der Waals surface area contributed by atoms with E-state index in [-0.39, 0.29) is 17.1 Å². The second kappa shape index (κ2) is 6.16. The fraction of sp³-hybridized carbons (Fsp3) is 0.571. The standard InChI is InChI=1S/C14H23FN2O/c1-14(2,7-8-16)17(3)10-11-5-6-13(18-4)12(15)9-11/h5-6,9H,7-8,10,16H2,1-4H3. The Morgan fingerprint density at radius 2 is 2.06 bits per heavy atom. The molecule has 3 nitrogen and oxygen atoms in total. The number of methoxy groups -OCH3 is 1. The minimum absolute atomic E-state index is 0.00511. The number of benzene rings is 1. The fourth-order valence-corrected chi connectivity index (χ4v) is 1.84. The molecule has 0 unspecified atom stereocenters. The van der Waals surface area contributed by atoms with Gasteiger partial charge in [0.1, 0.15) is 0 Å². The van der Waals surface area contributed by atoms with Crippen molar-refractivity contribution in [2.24, 2.45) is 5.73 Å². The van der Waals surface area contributed by atoms with E-state index in [9.17, 15) is 4.39 Å². The summed E-state index contributed by atoms with van der Waals surface area (Å²) in [4.78, 5) is 2.18. The Labute approximate surface area is 109 Å². The van der Waals surface area contributed by atoms with Crippen molar-refractivity contribution < 1.29 is 9.13 Å². The number of rotatable bonds is 6. The maximum Gasteiger partial charge on any atom is 0.165 e. The molecule has 0 fully saturated rings. The molecule has 0 saturated carbocycles. The van der Waals surface area contributed by atoms with Gasteiger partial charge in [0.05, 0.1) is 7.11 Å². The Morgan fingerprint density at radius 1 is 1.39 bits per heavy atom. The summed E-state index contributed by atoms with van der Waals surface area (Å²) in [6, 6.07) is 5.07. The van der Waals surface area contributed by atoms with Gasteiger partial charge in [0, 0.05) is 12.1 Å². The van der Waals surface area contributed by atoms with Crippen LogP contribution in [0.2, 0.25) is 0 Å². The molecule has 1 aromatic rings. The summed E-state index contributed by atoms with van der Waals surface area (Å²) in [5.41, 5.74) is 6.54. The molecule has 0 aliphatic carbocycles. The van der Waals surface area contributed by atoms with Crippen LogP contribution in [0, 0.1) is 5.82 Å². The lowest BCUT2D eigenvalue weighted by molar-refractivity contribution is 0.140. The predicted octanol–water partition coefficient (Wildman–Crippen LogP) is 2.39. The van der Waals surface area contributed by atoms with Crippen molar-refractivity contribution in [3.63, 3.8) is 0 Å². The molecule has 0 aliphatic rings. The number of ether oxygens (including phenoxy) is 1. The maximum atomic E-state index is 13.6. The van der Waals surface area contributed by atoms with Crippen molar-refractivity contribution in [3.05, 3.63) is 29.6 Å². The van der Waals surface area contributed by atoms with E-state index in [1.54, 1.807) is 6.07 Å². The van der Waals surface area contributed by atoms with Crippen molar-refractivity contribution in [1.29, 1.82) is 0 Å². The van der Waals surface area contributed by atoms with Crippen LogP contribution in [-0.4, -0.2) is 31.1 Å². The Morgan fingerprint density at radius 3 is 2.56 bits per heavy atom. The largest absolute Gasteiger partial charge is 0.494 e. The first-order valence-electron chi connectivity index (χ1n) is 6.14. The Balaban J connectivity index is 2.76. The first kappa shape index (κ1) is 14.9. The number of hydrogen-bond acceptors (Lipinski definition) is 3. The molecule has 0 aromatic heterocycles. The van der Waals surface area contributed by atoms with E-state index in [0.29, 0.717) is 13.1 Å². The van der Waals surface area contributed by atoms with Gasteiger partial charge in [-0.1, -0.05) is 6.07 Å². The third-order valence-electron chi connectivity index (χ3n) is 3.43. The summed E-state index contributed by atoms with van der Waals surface area (Å²) < 4.78 is 18.5. The van der Waals surface area contributed by atoms with Crippen LogP contribution >= 0.6 is 0 Å². The smallest absolute Gasteiger partial charge is 0.165 e. The van der Waals surface area contributed by atoms with Gasteiger partial charge in [-0.15, -0.1) is 0 Å². The summed E-state index contributed by atoms with van der Waals surface area (Å²) in [7, 11) is 3.49. The van der Waals surface area contributed by atoms with Gasteiger partial charge in [-0.2, -0.15) is 0 Å². The summed E-state index contributed by atoms with van der Waals surface area (Å²) in [6.45, 7) is 5.61. The molecule has 0 atom stereocenters. The molecule has 0 saturated heterocycles. The highest BCUT2D eigenvalue weighted by Gasteiger charge is 2.22. The van der Waals surface area contributed by atoms with Crippen LogP contribution in [0.3, 0.4) is 0 Å². The van der Waals surface area contributed by atoms with E-state index in [0.717, 1.165) is 12.0 Å². The highest BCUT2D eigenvalue weighted by Crippen LogP contribution is 2.22. The summed E-state index contributed by atoms with van der Waals surface area (Å²) in [5.74, 6) is -0.0392. The average Bonchev–Trinajstić information content (AvgIpc) is 2.29. The third-order valence-corrected chi connectivity index (χ3v) is 3.43. The molecule has 0 aliphatic heterocycles. The molecule has 18 heavy (non-hydrogen) atoms. The summed E-state index contributed by atoms with van der Waals surface area (Å²) in [5, 5.41) is 0. The molecular formula is C14H23FN2O. The number of halogens is 1. The van der Waals surface area contributed by atoms with Gasteiger partial charge in [-0.05, 0) is 51.6 Å². The normalized spacial score (nSPS) is 11.9. The molecule has 0 amide bonds. The lowest BCUT2D eigenvalue weighted by Gasteiger charge is -2.35. The molecule has 2 N–H and O–H groups in total. The molecule has 0 spiro atoms. The molecular weight excluding hydrogens is 231 g/mol. The quantitative estimate of drug-likeness (QED) is 0.847. The van der Waals surface area contributed by atoms with Gasteiger partial charge >= 0.3 is 0 Å². The fourth-order valence-electron chi connectivity index (χ4n) is 1.84. The van der Waals surface area contributed by atoms with Gasteiger partial charge in [0.15, 0.2) is 11.6 Å². The zero-order valence-electron chi connectivity index (χ0n) is 11.7. The first-order chi connectivity index (χ1) is 8.40. The van der Waals surface area contributed by atoms with Crippen LogP contribution < -0.4 is 10.5 Å². The molecule has 0 heterocycles. The topological polar surface area (TPSA) is 38.5 Å². The molecule has 4 heteroatoms. The van der Waals surface area contributed by atoms with E-state index in [1.165, 1.54) is 13.2 Å². The SMILES string of the molecule is COc1ccc(CN(C)C(C)(C)CCN)cc1F. The van der Waals surface area contributed by atoms with Crippen molar-refractivity contribution in [3.8, 4) is 5.75 Å². The lowest BCUT2D eigenvalue weighted by atomic mass is 9.98. The second-order valence-corrected chi connectivity index (χ2v) is 5.18. The molecule has 1 rings (SSSR count). The van der Waals surface area contributed by atoms with Gasteiger partial charge in [-0.25, -0.2) is 4.39 Å². The Kier molecular flexibility index (Phi) is 5.11. The van der Waals surface area contributed by atoms with E-state index < -0.39 is 0 Å². The zero-order valence-corrected chi connectivity index (χ0v) is 11.7. The Hall–Kier alpha value is -1.13. The third kappa shape index (κ3) is 3.68.